The summed E-state index contributed by atoms with van der Waals surface area (Å²) in [6.07, 6.45) is 5.62. The Morgan fingerprint density at radius 3 is 2.00 bits per heavy atom. The van der Waals surface area contributed by atoms with Crippen LogP contribution in [0.25, 0.3) is 0 Å². The zero-order valence-corrected chi connectivity index (χ0v) is 21.1. The molecule has 0 spiro atoms. The van der Waals surface area contributed by atoms with Gasteiger partial charge in [-0.25, -0.2) is 0 Å². The molecular formula is C30H37NO2S. The SMILES string of the molecule is CS[C@]1(COCc2ccccc2)CCN(Cc2ccccc2)CC[C@@H](OCc2ccccc2)C1. The molecule has 1 fully saturated rings. The summed E-state index contributed by atoms with van der Waals surface area (Å²) in [6, 6.07) is 31.8. The fourth-order valence-corrected chi connectivity index (χ4v) is 5.50. The number of ether oxygens (including phenoxy) is 2. The van der Waals surface area contributed by atoms with E-state index in [1.54, 1.807) is 0 Å². The van der Waals surface area contributed by atoms with Gasteiger partial charge >= 0.3 is 0 Å². The molecule has 1 aliphatic rings. The van der Waals surface area contributed by atoms with Crippen LogP contribution in [0.4, 0.5) is 0 Å². The van der Waals surface area contributed by atoms with Crippen molar-refractivity contribution in [1.82, 2.24) is 4.90 Å². The van der Waals surface area contributed by atoms with Crippen molar-refractivity contribution in [2.24, 2.45) is 0 Å². The van der Waals surface area contributed by atoms with Crippen LogP contribution in [0.3, 0.4) is 0 Å². The second-order valence-electron chi connectivity index (χ2n) is 9.29. The molecule has 0 bridgehead atoms. The number of hydrogen-bond acceptors (Lipinski definition) is 4. The van der Waals surface area contributed by atoms with Crippen LogP contribution >= 0.6 is 11.8 Å². The van der Waals surface area contributed by atoms with Crippen molar-refractivity contribution in [2.45, 2.75) is 49.9 Å². The lowest BCUT2D eigenvalue weighted by Gasteiger charge is -2.40. The molecule has 3 nitrogen and oxygen atoms in total. The Hall–Kier alpha value is -2.11. The van der Waals surface area contributed by atoms with Crippen LogP contribution in [-0.2, 0) is 29.2 Å². The van der Waals surface area contributed by atoms with Gasteiger partial charge in [-0.15, -0.1) is 0 Å². The molecule has 0 aliphatic carbocycles. The van der Waals surface area contributed by atoms with Crippen molar-refractivity contribution >= 4 is 11.8 Å². The highest BCUT2D eigenvalue weighted by Gasteiger charge is 2.35. The average molecular weight is 476 g/mol. The van der Waals surface area contributed by atoms with E-state index in [0.717, 1.165) is 45.5 Å². The van der Waals surface area contributed by atoms with Gasteiger partial charge in [-0.2, -0.15) is 11.8 Å². The molecule has 0 amide bonds. The van der Waals surface area contributed by atoms with Crippen molar-refractivity contribution in [3.63, 3.8) is 0 Å². The van der Waals surface area contributed by atoms with Crippen molar-refractivity contribution < 1.29 is 9.47 Å². The normalized spacial score (nSPS) is 21.6. The van der Waals surface area contributed by atoms with E-state index in [9.17, 15) is 0 Å². The van der Waals surface area contributed by atoms with Gasteiger partial charge in [0.1, 0.15) is 0 Å². The topological polar surface area (TPSA) is 21.7 Å². The summed E-state index contributed by atoms with van der Waals surface area (Å²) in [6.45, 7) is 5.19. The van der Waals surface area contributed by atoms with E-state index in [0.29, 0.717) is 13.2 Å². The lowest BCUT2D eigenvalue weighted by atomic mass is 9.93. The van der Waals surface area contributed by atoms with E-state index in [2.05, 4.69) is 102 Å². The first kappa shape index (κ1) is 25.0. The van der Waals surface area contributed by atoms with Gasteiger partial charge < -0.3 is 9.47 Å². The van der Waals surface area contributed by atoms with Crippen molar-refractivity contribution in [3.05, 3.63) is 108 Å². The number of rotatable bonds is 10. The third kappa shape index (κ3) is 7.71. The molecule has 2 atom stereocenters. The molecular weight excluding hydrogens is 438 g/mol. The lowest BCUT2D eigenvalue weighted by molar-refractivity contribution is -0.00709. The summed E-state index contributed by atoms with van der Waals surface area (Å²) in [5, 5.41) is 0. The molecule has 4 rings (SSSR count). The molecule has 1 saturated heterocycles. The Kier molecular flexibility index (Phi) is 9.63. The molecule has 180 valence electrons. The predicted octanol–water partition coefficient (Wildman–Crippen LogP) is 6.58. The maximum absolute atomic E-state index is 6.53. The van der Waals surface area contributed by atoms with Gasteiger partial charge in [-0.3, -0.25) is 4.90 Å². The largest absolute Gasteiger partial charge is 0.375 e. The van der Waals surface area contributed by atoms with E-state index in [-0.39, 0.29) is 10.9 Å². The highest BCUT2D eigenvalue weighted by molar-refractivity contribution is 8.00. The zero-order valence-electron chi connectivity index (χ0n) is 20.3. The van der Waals surface area contributed by atoms with Crippen molar-refractivity contribution in [2.75, 3.05) is 26.0 Å². The Morgan fingerprint density at radius 2 is 1.38 bits per heavy atom. The van der Waals surface area contributed by atoms with Crippen LogP contribution < -0.4 is 0 Å². The minimum atomic E-state index is 0.0471. The van der Waals surface area contributed by atoms with Gasteiger partial charge in [-0.05, 0) is 48.8 Å². The van der Waals surface area contributed by atoms with E-state index < -0.39 is 0 Å². The second-order valence-corrected chi connectivity index (χ2v) is 10.6. The molecule has 4 heteroatoms. The van der Waals surface area contributed by atoms with Crippen molar-refractivity contribution in [1.29, 1.82) is 0 Å². The Bertz CT molecular complexity index is 953. The number of nitrogens with zero attached hydrogens (tertiary/aromatic N) is 1. The maximum atomic E-state index is 6.53. The smallest absolute Gasteiger partial charge is 0.0720 e. The van der Waals surface area contributed by atoms with Gasteiger partial charge in [0.25, 0.3) is 0 Å². The van der Waals surface area contributed by atoms with Crippen molar-refractivity contribution in [3.8, 4) is 0 Å². The van der Waals surface area contributed by atoms with Gasteiger partial charge in [0, 0.05) is 17.8 Å². The maximum Gasteiger partial charge on any atom is 0.0720 e. The highest BCUT2D eigenvalue weighted by Crippen LogP contribution is 2.36. The van der Waals surface area contributed by atoms with E-state index in [1.807, 2.05) is 11.8 Å². The Balaban J connectivity index is 1.44. The summed E-state index contributed by atoms with van der Waals surface area (Å²) in [7, 11) is 0. The molecule has 34 heavy (non-hydrogen) atoms. The number of thioether (sulfide) groups is 1. The van der Waals surface area contributed by atoms with Crippen LogP contribution in [0.5, 0.6) is 0 Å². The van der Waals surface area contributed by atoms with Crippen LogP contribution in [0.2, 0.25) is 0 Å². The van der Waals surface area contributed by atoms with Gasteiger partial charge in [0.15, 0.2) is 0 Å². The van der Waals surface area contributed by atoms with Crippen LogP contribution in [-0.4, -0.2) is 41.7 Å². The number of likely N-dealkylation sites (tertiary alicyclic amines) is 1. The predicted molar refractivity (Wildman–Crippen MR) is 143 cm³/mol. The third-order valence-electron chi connectivity index (χ3n) is 6.74. The molecule has 0 radical (unpaired) electrons. The first-order chi connectivity index (χ1) is 16.7. The van der Waals surface area contributed by atoms with Crippen LogP contribution in [0.1, 0.15) is 36.0 Å². The van der Waals surface area contributed by atoms with Gasteiger partial charge in [-0.1, -0.05) is 91.0 Å². The minimum Gasteiger partial charge on any atom is -0.375 e. The Morgan fingerprint density at radius 1 is 0.794 bits per heavy atom. The first-order valence-electron chi connectivity index (χ1n) is 12.3. The first-order valence-corrected chi connectivity index (χ1v) is 13.6. The molecule has 0 aromatic heterocycles. The summed E-state index contributed by atoms with van der Waals surface area (Å²) in [4.78, 5) is 2.59. The molecule has 0 unspecified atom stereocenters. The second kappa shape index (κ2) is 13.1. The highest BCUT2D eigenvalue weighted by atomic mass is 32.2. The third-order valence-corrected chi connectivity index (χ3v) is 8.09. The van der Waals surface area contributed by atoms with E-state index in [1.165, 1.54) is 16.7 Å². The summed E-state index contributed by atoms with van der Waals surface area (Å²) < 4.78 is 12.9. The zero-order chi connectivity index (χ0) is 23.5. The Labute approximate surface area is 209 Å². The van der Waals surface area contributed by atoms with E-state index >= 15 is 0 Å². The molecule has 3 aromatic carbocycles. The molecule has 0 N–H and O–H groups in total. The quantitative estimate of drug-likeness (QED) is 0.330. The summed E-state index contributed by atoms with van der Waals surface area (Å²) in [5.74, 6) is 0. The van der Waals surface area contributed by atoms with Gasteiger partial charge in [0.05, 0.1) is 25.9 Å². The van der Waals surface area contributed by atoms with Crippen LogP contribution in [0.15, 0.2) is 91.0 Å². The molecule has 3 aromatic rings. The monoisotopic (exact) mass is 475 g/mol. The summed E-state index contributed by atoms with van der Waals surface area (Å²) in [5.41, 5.74) is 3.84. The minimum absolute atomic E-state index is 0.0471. The van der Waals surface area contributed by atoms with Gasteiger partial charge in [0.2, 0.25) is 0 Å². The average Bonchev–Trinajstić information content (AvgIpc) is 2.89. The van der Waals surface area contributed by atoms with Crippen LogP contribution in [0, 0.1) is 0 Å². The number of benzene rings is 3. The lowest BCUT2D eigenvalue weighted by Crippen LogP contribution is -2.43. The number of hydrogen-bond donors (Lipinski definition) is 0. The summed E-state index contributed by atoms with van der Waals surface area (Å²) >= 11 is 1.95. The molecule has 0 saturated carbocycles. The fraction of sp³-hybridized carbons (Fsp3) is 0.400. The molecule has 1 heterocycles. The standard InChI is InChI=1S/C30H37NO2S/c1-34-30(25-32-23-27-13-7-3-8-14-27)18-20-31(22-26-11-5-2-6-12-26)19-17-29(21-30)33-24-28-15-9-4-10-16-28/h2-16,29H,17-25H2,1H3/t29-,30-/m1/s1. The molecule has 1 aliphatic heterocycles. The fourth-order valence-electron chi connectivity index (χ4n) is 4.65. The van der Waals surface area contributed by atoms with E-state index in [4.69, 9.17) is 9.47 Å².